The molecule has 1 N–H and O–H groups in total. The zero-order valence-corrected chi connectivity index (χ0v) is 15.1. The quantitative estimate of drug-likeness (QED) is 0.474. The van der Waals surface area contributed by atoms with Crippen LogP contribution in [0.4, 0.5) is 0 Å². The summed E-state index contributed by atoms with van der Waals surface area (Å²) in [6.07, 6.45) is 5.28. The Morgan fingerprint density at radius 3 is 2.61 bits per heavy atom. The van der Waals surface area contributed by atoms with Crippen LogP contribution in [0.15, 0.2) is 53.2 Å². The van der Waals surface area contributed by atoms with Crippen molar-refractivity contribution < 1.29 is 4.74 Å². The van der Waals surface area contributed by atoms with E-state index in [9.17, 15) is 0 Å². The number of allylic oxidation sites excluding steroid dienone is 4. The Labute approximate surface area is 151 Å². The van der Waals surface area contributed by atoms with Crippen LogP contribution in [0.3, 0.4) is 0 Å². The van der Waals surface area contributed by atoms with Crippen molar-refractivity contribution in [2.75, 3.05) is 7.11 Å². The van der Waals surface area contributed by atoms with E-state index in [0.29, 0.717) is 33.5 Å². The number of hydrogen-bond donors (Lipinski definition) is 1. The third-order valence-electron chi connectivity index (χ3n) is 3.05. The molecule has 0 atom stereocenters. The number of nitrogens with one attached hydrogen (secondary N) is 1. The van der Waals surface area contributed by atoms with E-state index in [1.165, 1.54) is 12.8 Å². The third kappa shape index (κ3) is 5.54. The number of benzene rings is 1. The molecule has 23 heavy (non-hydrogen) atoms. The second-order valence-electron chi connectivity index (χ2n) is 4.61. The van der Waals surface area contributed by atoms with E-state index in [0.717, 1.165) is 11.1 Å². The Morgan fingerprint density at radius 2 is 2.04 bits per heavy atom. The highest BCUT2D eigenvalue weighted by atomic mass is 35.5. The van der Waals surface area contributed by atoms with Crippen molar-refractivity contribution in [1.82, 2.24) is 0 Å². The summed E-state index contributed by atoms with van der Waals surface area (Å²) in [4.78, 5) is 3.86. The molecule has 0 aliphatic rings. The van der Waals surface area contributed by atoms with E-state index in [1.54, 1.807) is 30.5 Å². The highest BCUT2D eigenvalue weighted by Crippen LogP contribution is 2.31. The van der Waals surface area contributed by atoms with Gasteiger partial charge < -0.3 is 10.1 Å². The second kappa shape index (κ2) is 9.56. The van der Waals surface area contributed by atoms with Gasteiger partial charge in [-0.3, -0.25) is 4.99 Å². The van der Waals surface area contributed by atoms with Gasteiger partial charge in [-0.25, -0.2) is 0 Å². The summed E-state index contributed by atoms with van der Waals surface area (Å²) in [5, 5.41) is 9.27. The molecule has 1 rings (SSSR count). The van der Waals surface area contributed by atoms with E-state index in [-0.39, 0.29) is 0 Å². The number of halogens is 3. The van der Waals surface area contributed by atoms with Crippen LogP contribution in [-0.2, 0) is 6.42 Å². The van der Waals surface area contributed by atoms with Crippen LogP contribution in [-0.4, -0.2) is 18.5 Å². The number of ether oxygens (including phenoxy) is 1. The first-order chi connectivity index (χ1) is 10.9. The molecule has 0 aromatic heterocycles. The smallest absolute Gasteiger partial charge is 0.137 e. The van der Waals surface area contributed by atoms with Gasteiger partial charge in [-0.05, 0) is 35.8 Å². The first kappa shape index (κ1) is 19.5. The summed E-state index contributed by atoms with van der Waals surface area (Å²) in [5.41, 5.74) is 3.78. The minimum Gasteiger partial charge on any atom is -0.495 e. The summed E-state index contributed by atoms with van der Waals surface area (Å²) in [7, 11) is 1.53. The van der Waals surface area contributed by atoms with Gasteiger partial charge in [0.1, 0.15) is 5.75 Å². The normalized spacial score (nSPS) is 12.6. The Balaban J connectivity index is 3.14. The molecule has 6 heteroatoms. The number of methoxy groups -OCH3 is 1. The largest absolute Gasteiger partial charge is 0.495 e. The standard InChI is InChI=1S/C17H17Cl3N2O/c1-4-5-13(11(2)9-22-10-18)16(21)6-12-7-17(23-3)15(20)8-14(12)19/h4-5,7-10,21H,1,6H2,2-3H3/b11-9-,13-5+,21-16?,22-10?. The molecule has 0 spiro atoms. The minimum absolute atomic E-state index is 0.321. The number of aliphatic imine (C=N–C) groups is 1. The molecule has 0 amide bonds. The van der Waals surface area contributed by atoms with Gasteiger partial charge in [0.05, 0.1) is 17.8 Å². The lowest BCUT2D eigenvalue weighted by Gasteiger charge is -2.12. The predicted octanol–water partition coefficient (Wildman–Crippen LogP) is 5.85. The molecule has 0 aliphatic carbocycles. The lowest BCUT2D eigenvalue weighted by Crippen LogP contribution is -2.07. The summed E-state index contributed by atoms with van der Waals surface area (Å²) in [6, 6.07) is 3.35. The molecule has 122 valence electrons. The lowest BCUT2D eigenvalue weighted by atomic mass is 9.97. The fourth-order valence-corrected chi connectivity index (χ4v) is 2.53. The van der Waals surface area contributed by atoms with Gasteiger partial charge in [0, 0.05) is 23.4 Å². The van der Waals surface area contributed by atoms with Crippen molar-refractivity contribution in [1.29, 1.82) is 5.41 Å². The second-order valence-corrected chi connectivity index (χ2v) is 5.62. The molecule has 3 nitrogen and oxygen atoms in total. The highest BCUT2D eigenvalue weighted by Gasteiger charge is 2.13. The first-order valence-corrected chi connectivity index (χ1v) is 7.85. The molecular formula is C17H17Cl3N2O. The molecule has 0 aliphatic heterocycles. The maximum atomic E-state index is 8.36. The van der Waals surface area contributed by atoms with E-state index >= 15 is 0 Å². The van der Waals surface area contributed by atoms with Crippen LogP contribution < -0.4 is 4.74 Å². The highest BCUT2D eigenvalue weighted by molar-refractivity contribution is 6.56. The number of nitrogens with zero attached hydrogens (tertiary/aromatic N) is 1. The van der Waals surface area contributed by atoms with Crippen LogP contribution in [0.25, 0.3) is 0 Å². The molecule has 0 fully saturated rings. The minimum atomic E-state index is 0.321. The SMILES string of the molecule is C=C/C=C(C(=N)Cc1cc(OC)c(Cl)cc1Cl)\C(C)=C/N=CCl. The van der Waals surface area contributed by atoms with Gasteiger partial charge in [-0.2, -0.15) is 0 Å². The molecule has 0 saturated heterocycles. The van der Waals surface area contributed by atoms with Crippen molar-refractivity contribution in [3.05, 3.63) is 63.8 Å². The number of rotatable bonds is 7. The molecule has 0 heterocycles. The van der Waals surface area contributed by atoms with Gasteiger partial charge in [0.2, 0.25) is 0 Å². The topological polar surface area (TPSA) is 45.4 Å². The zero-order valence-electron chi connectivity index (χ0n) is 12.9. The van der Waals surface area contributed by atoms with Crippen LogP contribution in [0.2, 0.25) is 10.0 Å². The summed E-state index contributed by atoms with van der Waals surface area (Å²) in [6.45, 7) is 5.53. The fraction of sp³-hybridized carbons (Fsp3) is 0.176. The molecule has 1 aromatic carbocycles. The monoisotopic (exact) mass is 370 g/mol. The zero-order chi connectivity index (χ0) is 17.4. The predicted molar refractivity (Wildman–Crippen MR) is 101 cm³/mol. The van der Waals surface area contributed by atoms with Crippen molar-refractivity contribution >= 4 is 46.2 Å². The van der Waals surface area contributed by atoms with Crippen molar-refractivity contribution in [2.45, 2.75) is 13.3 Å². The first-order valence-electron chi connectivity index (χ1n) is 6.66. The van der Waals surface area contributed by atoms with Gasteiger partial charge in [0.25, 0.3) is 0 Å². The van der Waals surface area contributed by atoms with E-state index in [1.807, 2.05) is 6.92 Å². The lowest BCUT2D eigenvalue weighted by molar-refractivity contribution is 0.414. The van der Waals surface area contributed by atoms with Crippen LogP contribution in [0.5, 0.6) is 5.75 Å². The Hall–Kier alpha value is -1.55. The van der Waals surface area contributed by atoms with Crippen LogP contribution >= 0.6 is 34.8 Å². The van der Waals surface area contributed by atoms with E-state index in [4.69, 9.17) is 44.9 Å². The average molecular weight is 372 g/mol. The molecule has 0 bridgehead atoms. The third-order valence-corrected chi connectivity index (χ3v) is 3.81. The van der Waals surface area contributed by atoms with E-state index < -0.39 is 0 Å². The Bertz CT molecular complexity index is 691. The molecule has 1 aromatic rings. The van der Waals surface area contributed by atoms with E-state index in [2.05, 4.69) is 11.6 Å². The maximum absolute atomic E-state index is 8.36. The Kier molecular flexibility index (Phi) is 8.10. The summed E-state index contributed by atoms with van der Waals surface area (Å²) >= 11 is 17.7. The van der Waals surface area contributed by atoms with Crippen molar-refractivity contribution in [3.8, 4) is 5.75 Å². The Morgan fingerprint density at radius 1 is 1.35 bits per heavy atom. The summed E-state index contributed by atoms with van der Waals surface area (Å²) in [5.74, 6) is 0.520. The van der Waals surface area contributed by atoms with Gasteiger partial charge in [-0.1, -0.05) is 53.5 Å². The molecule has 0 radical (unpaired) electrons. The average Bonchev–Trinajstić information content (AvgIpc) is 2.52. The van der Waals surface area contributed by atoms with Crippen molar-refractivity contribution in [3.63, 3.8) is 0 Å². The molecule has 0 saturated carbocycles. The van der Waals surface area contributed by atoms with Crippen LogP contribution in [0, 0.1) is 5.41 Å². The van der Waals surface area contributed by atoms with Gasteiger partial charge in [-0.15, -0.1) is 0 Å². The maximum Gasteiger partial charge on any atom is 0.137 e. The summed E-state index contributed by atoms with van der Waals surface area (Å²) < 4.78 is 5.19. The van der Waals surface area contributed by atoms with Crippen molar-refractivity contribution in [2.24, 2.45) is 4.99 Å². The van der Waals surface area contributed by atoms with Gasteiger partial charge in [0.15, 0.2) is 0 Å². The fourth-order valence-electron chi connectivity index (χ4n) is 1.95. The molecular weight excluding hydrogens is 355 g/mol. The molecule has 0 unspecified atom stereocenters. The van der Waals surface area contributed by atoms with Crippen LogP contribution in [0.1, 0.15) is 12.5 Å². The number of hydrogen-bond acceptors (Lipinski definition) is 3. The van der Waals surface area contributed by atoms with Gasteiger partial charge >= 0.3 is 0 Å².